The second-order valence-electron chi connectivity index (χ2n) is 5.66. The summed E-state index contributed by atoms with van der Waals surface area (Å²) in [4.78, 5) is 2.66. The average molecular weight is 230 g/mol. The molecule has 2 saturated carbocycles. The fourth-order valence-corrected chi connectivity index (χ4v) is 2.69. The Morgan fingerprint density at radius 2 is 1.88 bits per heavy atom. The van der Waals surface area contributed by atoms with Gasteiger partial charge in [0, 0.05) is 24.8 Å². The molecule has 0 bridgehead atoms. The summed E-state index contributed by atoms with van der Waals surface area (Å²) in [7, 11) is 0. The molecule has 1 aromatic carbocycles. The largest absolute Gasteiger partial charge is 0.398 e. The zero-order valence-corrected chi connectivity index (χ0v) is 10.4. The van der Waals surface area contributed by atoms with E-state index in [9.17, 15) is 0 Å². The molecule has 0 aliphatic heterocycles. The van der Waals surface area contributed by atoms with Crippen LogP contribution in [0.2, 0.25) is 0 Å². The number of hydrogen-bond donors (Lipinski definition) is 1. The number of anilines is 1. The van der Waals surface area contributed by atoms with Crippen LogP contribution in [0.3, 0.4) is 0 Å². The number of rotatable bonds is 5. The Morgan fingerprint density at radius 1 is 1.12 bits per heavy atom. The molecule has 1 aromatic rings. The standard InChI is InChI=1S/C15H22N2/c16-15-7-2-1-6-13(15)11-17(14-8-9-14)10-12-4-3-5-12/h1-2,6-7,12,14H,3-5,8-11,16H2. The van der Waals surface area contributed by atoms with Crippen LogP contribution in [0.4, 0.5) is 5.69 Å². The van der Waals surface area contributed by atoms with Crippen molar-refractivity contribution in [3.63, 3.8) is 0 Å². The van der Waals surface area contributed by atoms with Crippen LogP contribution in [-0.2, 0) is 6.54 Å². The van der Waals surface area contributed by atoms with Crippen LogP contribution < -0.4 is 5.73 Å². The molecule has 0 unspecified atom stereocenters. The van der Waals surface area contributed by atoms with Gasteiger partial charge in [-0.25, -0.2) is 0 Å². The monoisotopic (exact) mass is 230 g/mol. The minimum Gasteiger partial charge on any atom is -0.398 e. The number of para-hydroxylation sites is 1. The van der Waals surface area contributed by atoms with Gasteiger partial charge in [0.1, 0.15) is 0 Å². The molecule has 0 radical (unpaired) electrons. The zero-order valence-electron chi connectivity index (χ0n) is 10.4. The lowest BCUT2D eigenvalue weighted by atomic mass is 9.85. The molecule has 0 amide bonds. The van der Waals surface area contributed by atoms with Crippen molar-refractivity contribution >= 4 is 5.69 Å². The summed E-state index contributed by atoms with van der Waals surface area (Å²) in [5.74, 6) is 0.959. The lowest BCUT2D eigenvalue weighted by Gasteiger charge is -2.32. The molecule has 2 heteroatoms. The van der Waals surface area contributed by atoms with Gasteiger partial charge in [0.2, 0.25) is 0 Å². The third-order valence-corrected chi connectivity index (χ3v) is 4.21. The first-order chi connectivity index (χ1) is 8.33. The average Bonchev–Trinajstić information content (AvgIpc) is 3.08. The summed E-state index contributed by atoms with van der Waals surface area (Å²) in [5.41, 5.74) is 8.30. The molecule has 0 saturated heterocycles. The molecule has 92 valence electrons. The topological polar surface area (TPSA) is 29.3 Å². The third-order valence-electron chi connectivity index (χ3n) is 4.21. The summed E-state index contributed by atoms with van der Waals surface area (Å²) in [6.07, 6.45) is 7.09. The highest BCUT2D eigenvalue weighted by Crippen LogP contribution is 2.34. The van der Waals surface area contributed by atoms with E-state index >= 15 is 0 Å². The Hall–Kier alpha value is -1.02. The molecule has 0 atom stereocenters. The van der Waals surface area contributed by atoms with Gasteiger partial charge in [0.15, 0.2) is 0 Å². The van der Waals surface area contributed by atoms with Crippen molar-refractivity contribution in [3.8, 4) is 0 Å². The van der Waals surface area contributed by atoms with Gasteiger partial charge < -0.3 is 5.73 Å². The van der Waals surface area contributed by atoms with Gasteiger partial charge in [-0.3, -0.25) is 4.90 Å². The second kappa shape index (κ2) is 4.69. The van der Waals surface area contributed by atoms with E-state index in [2.05, 4.69) is 17.0 Å². The molecule has 0 heterocycles. The van der Waals surface area contributed by atoms with Gasteiger partial charge in [-0.2, -0.15) is 0 Å². The summed E-state index contributed by atoms with van der Waals surface area (Å²) < 4.78 is 0. The number of benzene rings is 1. The predicted molar refractivity (Wildman–Crippen MR) is 71.6 cm³/mol. The third kappa shape index (κ3) is 2.63. The minimum absolute atomic E-state index is 0.843. The molecule has 0 spiro atoms. The van der Waals surface area contributed by atoms with Crippen LogP contribution in [0, 0.1) is 5.92 Å². The molecule has 3 rings (SSSR count). The molecule has 2 aliphatic carbocycles. The highest BCUT2D eigenvalue weighted by atomic mass is 15.2. The lowest BCUT2D eigenvalue weighted by Crippen LogP contribution is -2.34. The Kier molecular flexibility index (Phi) is 3.06. The second-order valence-corrected chi connectivity index (χ2v) is 5.66. The van der Waals surface area contributed by atoms with Crippen molar-refractivity contribution in [3.05, 3.63) is 29.8 Å². The van der Waals surface area contributed by atoms with Crippen molar-refractivity contribution in [2.24, 2.45) is 5.92 Å². The Morgan fingerprint density at radius 3 is 2.47 bits per heavy atom. The minimum atomic E-state index is 0.843. The normalized spacial score (nSPS) is 20.5. The molecule has 2 N–H and O–H groups in total. The first-order valence-electron chi connectivity index (χ1n) is 6.90. The maximum absolute atomic E-state index is 6.04. The molecule has 0 aromatic heterocycles. The van der Waals surface area contributed by atoms with Gasteiger partial charge >= 0.3 is 0 Å². The van der Waals surface area contributed by atoms with E-state index in [4.69, 9.17) is 5.73 Å². The van der Waals surface area contributed by atoms with Crippen LogP contribution in [0.1, 0.15) is 37.7 Å². The first-order valence-corrected chi connectivity index (χ1v) is 6.90. The molecule has 2 fully saturated rings. The van der Waals surface area contributed by atoms with E-state index in [1.807, 2.05) is 12.1 Å². The van der Waals surface area contributed by atoms with E-state index < -0.39 is 0 Å². The van der Waals surface area contributed by atoms with Crippen molar-refractivity contribution < 1.29 is 0 Å². The lowest BCUT2D eigenvalue weighted by molar-refractivity contribution is 0.164. The van der Waals surface area contributed by atoms with Crippen LogP contribution in [0.15, 0.2) is 24.3 Å². The Labute approximate surface area is 104 Å². The summed E-state index contributed by atoms with van der Waals surface area (Å²) in [6.45, 7) is 2.34. The van der Waals surface area contributed by atoms with Gasteiger partial charge in [-0.1, -0.05) is 24.6 Å². The molecule has 2 nitrogen and oxygen atoms in total. The maximum atomic E-state index is 6.04. The van der Waals surface area contributed by atoms with Crippen molar-refractivity contribution in [1.82, 2.24) is 4.90 Å². The quantitative estimate of drug-likeness (QED) is 0.788. The van der Waals surface area contributed by atoms with Crippen molar-refractivity contribution in [2.75, 3.05) is 12.3 Å². The number of nitrogens with two attached hydrogens (primary N) is 1. The smallest absolute Gasteiger partial charge is 0.0359 e. The highest BCUT2D eigenvalue weighted by molar-refractivity contribution is 5.46. The maximum Gasteiger partial charge on any atom is 0.0359 e. The predicted octanol–water partition coefficient (Wildman–Crippen LogP) is 3.03. The van der Waals surface area contributed by atoms with Gasteiger partial charge in [-0.15, -0.1) is 0 Å². The summed E-state index contributed by atoms with van der Waals surface area (Å²) in [6, 6.07) is 9.15. The van der Waals surface area contributed by atoms with Crippen LogP contribution >= 0.6 is 0 Å². The Bertz CT molecular complexity index is 380. The van der Waals surface area contributed by atoms with Crippen molar-refractivity contribution in [2.45, 2.75) is 44.7 Å². The molecular weight excluding hydrogens is 208 g/mol. The Balaban J connectivity index is 1.65. The number of hydrogen-bond acceptors (Lipinski definition) is 2. The number of nitrogens with zero attached hydrogens (tertiary/aromatic N) is 1. The first kappa shape index (κ1) is 11.1. The van der Waals surface area contributed by atoms with Gasteiger partial charge in [0.25, 0.3) is 0 Å². The summed E-state index contributed by atoms with van der Waals surface area (Å²) >= 11 is 0. The fourth-order valence-electron chi connectivity index (χ4n) is 2.69. The molecular formula is C15H22N2. The van der Waals surface area contributed by atoms with Gasteiger partial charge in [0.05, 0.1) is 0 Å². The van der Waals surface area contributed by atoms with E-state index in [-0.39, 0.29) is 0 Å². The van der Waals surface area contributed by atoms with Crippen molar-refractivity contribution in [1.29, 1.82) is 0 Å². The van der Waals surface area contributed by atoms with Crippen LogP contribution in [0.5, 0.6) is 0 Å². The van der Waals surface area contributed by atoms with Gasteiger partial charge in [-0.05, 0) is 43.2 Å². The van der Waals surface area contributed by atoms with Crippen LogP contribution in [0.25, 0.3) is 0 Å². The number of nitrogen functional groups attached to an aromatic ring is 1. The zero-order chi connectivity index (χ0) is 11.7. The van der Waals surface area contributed by atoms with Crippen LogP contribution in [-0.4, -0.2) is 17.5 Å². The van der Waals surface area contributed by atoms with E-state index in [0.29, 0.717) is 0 Å². The SMILES string of the molecule is Nc1ccccc1CN(CC1CCC1)C1CC1. The van der Waals surface area contributed by atoms with E-state index in [1.165, 1.54) is 44.2 Å². The fraction of sp³-hybridized carbons (Fsp3) is 0.600. The van der Waals surface area contributed by atoms with E-state index in [0.717, 1.165) is 24.2 Å². The van der Waals surface area contributed by atoms with E-state index in [1.54, 1.807) is 0 Å². The highest BCUT2D eigenvalue weighted by Gasteiger charge is 2.32. The summed E-state index contributed by atoms with van der Waals surface area (Å²) in [5, 5.41) is 0. The molecule has 2 aliphatic rings. The molecule has 17 heavy (non-hydrogen) atoms.